The Kier molecular flexibility index (Phi) is 13.1. The zero-order chi connectivity index (χ0) is 16.0. The molecule has 0 aromatic heterocycles. The molecule has 21 heavy (non-hydrogen) atoms. The molecule has 0 fully saturated rings. The maximum atomic E-state index is 12.2. The quantitative estimate of drug-likeness (QED) is 0.295. The molecule has 0 spiro atoms. The maximum Gasteiger partial charge on any atom is 0.138 e. The van der Waals surface area contributed by atoms with Crippen molar-refractivity contribution in [2.75, 3.05) is 0 Å². The second-order valence-electron chi connectivity index (χ2n) is 6.98. The summed E-state index contributed by atoms with van der Waals surface area (Å²) >= 11 is 0. The van der Waals surface area contributed by atoms with Gasteiger partial charge in [0.2, 0.25) is 0 Å². The molecule has 0 aliphatic carbocycles. The first-order valence-corrected chi connectivity index (χ1v) is 9.64. The van der Waals surface area contributed by atoms with Crippen molar-refractivity contribution in [3.05, 3.63) is 0 Å². The van der Waals surface area contributed by atoms with Crippen molar-refractivity contribution in [3.63, 3.8) is 0 Å². The summed E-state index contributed by atoms with van der Waals surface area (Å²) in [6.45, 7) is 8.69. The number of unbranched alkanes of at least 4 members (excludes halogenated alkanes) is 10. The third-order valence-electron chi connectivity index (χ3n) is 5.24. The van der Waals surface area contributed by atoms with E-state index in [4.69, 9.17) is 0 Å². The lowest BCUT2D eigenvalue weighted by Crippen LogP contribution is -2.25. The summed E-state index contributed by atoms with van der Waals surface area (Å²) in [7, 11) is 0. The molecule has 126 valence electrons. The maximum absolute atomic E-state index is 12.2. The van der Waals surface area contributed by atoms with Crippen LogP contribution in [0.4, 0.5) is 0 Å². The zero-order valence-corrected chi connectivity index (χ0v) is 15.3. The molecule has 0 N–H and O–H groups in total. The molecule has 0 aliphatic rings. The largest absolute Gasteiger partial charge is 0.299 e. The highest BCUT2D eigenvalue weighted by Gasteiger charge is 2.27. The highest BCUT2D eigenvalue weighted by atomic mass is 16.1. The van der Waals surface area contributed by atoms with Crippen LogP contribution in [-0.4, -0.2) is 5.78 Å². The predicted molar refractivity (Wildman–Crippen MR) is 94.8 cm³/mol. The highest BCUT2D eigenvalue weighted by Crippen LogP contribution is 2.28. The van der Waals surface area contributed by atoms with Crippen LogP contribution in [0.3, 0.4) is 0 Å². The van der Waals surface area contributed by atoms with Crippen molar-refractivity contribution in [2.24, 2.45) is 5.41 Å². The van der Waals surface area contributed by atoms with Crippen LogP contribution in [0.2, 0.25) is 0 Å². The van der Waals surface area contributed by atoms with E-state index in [1.54, 1.807) is 0 Å². The number of hydrogen-bond donors (Lipinski definition) is 0. The fourth-order valence-electron chi connectivity index (χ4n) is 2.90. The van der Waals surface area contributed by atoms with E-state index in [0.717, 1.165) is 25.7 Å². The topological polar surface area (TPSA) is 17.1 Å². The monoisotopic (exact) mass is 296 g/mol. The Hall–Kier alpha value is -0.330. The molecule has 0 aromatic carbocycles. The summed E-state index contributed by atoms with van der Waals surface area (Å²) in [4.78, 5) is 12.2. The molecule has 1 heteroatoms. The first-order chi connectivity index (χ1) is 10.1. The molecular formula is C20H40O. The number of carbonyl (C=O) groups is 1. The first kappa shape index (κ1) is 20.7. The Bertz CT molecular complexity index is 240. The molecule has 0 aromatic rings. The Labute approximate surface area is 134 Å². The van der Waals surface area contributed by atoms with Crippen LogP contribution >= 0.6 is 0 Å². The van der Waals surface area contributed by atoms with E-state index in [1.165, 1.54) is 64.2 Å². The zero-order valence-electron chi connectivity index (χ0n) is 15.3. The van der Waals surface area contributed by atoms with E-state index >= 15 is 0 Å². The van der Waals surface area contributed by atoms with Crippen molar-refractivity contribution in [3.8, 4) is 0 Å². The third-order valence-corrected chi connectivity index (χ3v) is 5.24. The Morgan fingerprint density at radius 1 is 0.667 bits per heavy atom. The molecule has 0 atom stereocenters. The van der Waals surface area contributed by atoms with E-state index in [9.17, 15) is 4.79 Å². The summed E-state index contributed by atoms with van der Waals surface area (Å²) < 4.78 is 0. The molecule has 0 radical (unpaired) electrons. The number of Topliss-reactive ketones (excluding diaryl/α,β-unsaturated/α-hetero) is 1. The predicted octanol–water partition coefficient (Wildman–Crippen LogP) is 7.08. The molecule has 0 unspecified atom stereocenters. The number of rotatable bonds is 15. The smallest absolute Gasteiger partial charge is 0.138 e. The number of hydrogen-bond acceptors (Lipinski definition) is 1. The third kappa shape index (κ3) is 10.1. The summed E-state index contributed by atoms with van der Waals surface area (Å²) in [6.07, 6.45) is 17.6. The van der Waals surface area contributed by atoms with Gasteiger partial charge in [0.25, 0.3) is 0 Å². The first-order valence-electron chi connectivity index (χ1n) is 9.64. The van der Waals surface area contributed by atoms with Gasteiger partial charge in [0.1, 0.15) is 5.78 Å². The van der Waals surface area contributed by atoms with Gasteiger partial charge in [-0.3, -0.25) is 4.79 Å². The Balaban J connectivity index is 3.38. The second-order valence-corrected chi connectivity index (χ2v) is 6.98. The van der Waals surface area contributed by atoms with Crippen molar-refractivity contribution < 1.29 is 4.79 Å². The molecule has 0 heterocycles. The summed E-state index contributed by atoms with van der Waals surface area (Å²) in [5.41, 5.74) is -0.0571. The van der Waals surface area contributed by atoms with E-state index in [-0.39, 0.29) is 5.41 Å². The minimum atomic E-state index is -0.0571. The van der Waals surface area contributed by atoms with E-state index in [1.807, 2.05) is 0 Å². The van der Waals surface area contributed by atoms with Crippen molar-refractivity contribution >= 4 is 5.78 Å². The van der Waals surface area contributed by atoms with Gasteiger partial charge < -0.3 is 0 Å². The van der Waals surface area contributed by atoms with Crippen LogP contribution in [-0.2, 0) is 4.79 Å². The van der Waals surface area contributed by atoms with E-state index in [0.29, 0.717) is 5.78 Å². The summed E-state index contributed by atoms with van der Waals surface area (Å²) in [6, 6.07) is 0. The molecular weight excluding hydrogens is 256 g/mol. The Morgan fingerprint density at radius 2 is 1.05 bits per heavy atom. The van der Waals surface area contributed by atoms with E-state index in [2.05, 4.69) is 27.7 Å². The van der Waals surface area contributed by atoms with Crippen molar-refractivity contribution in [2.45, 2.75) is 118 Å². The van der Waals surface area contributed by atoms with Crippen LogP contribution in [0.1, 0.15) is 118 Å². The van der Waals surface area contributed by atoms with Gasteiger partial charge in [-0.25, -0.2) is 0 Å². The summed E-state index contributed by atoms with van der Waals surface area (Å²) in [5, 5.41) is 0. The van der Waals surface area contributed by atoms with Crippen LogP contribution in [0.15, 0.2) is 0 Å². The van der Waals surface area contributed by atoms with Crippen LogP contribution < -0.4 is 0 Å². The Morgan fingerprint density at radius 3 is 1.43 bits per heavy atom. The number of carbonyl (C=O) groups excluding carboxylic acids is 1. The molecule has 0 bridgehead atoms. The fraction of sp³-hybridized carbons (Fsp3) is 0.950. The molecule has 0 aliphatic heterocycles. The van der Waals surface area contributed by atoms with Gasteiger partial charge in [0, 0.05) is 11.8 Å². The molecule has 1 nitrogen and oxygen atoms in total. The normalized spacial score (nSPS) is 11.8. The molecule has 0 saturated carbocycles. The lowest BCUT2D eigenvalue weighted by molar-refractivity contribution is -0.128. The molecule has 0 rings (SSSR count). The second kappa shape index (κ2) is 13.3. The van der Waals surface area contributed by atoms with Crippen LogP contribution in [0, 0.1) is 5.41 Å². The van der Waals surface area contributed by atoms with E-state index < -0.39 is 0 Å². The average Bonchev–Trinajstić information content (AvgIpc) is 2.51. The van der Waals surface area contributed by atoms with Gasteiger partial charge >= 0.3 is 0 Å². The fourth-order valence-corrected chi connectivity index (χ4v) is 2.90. The van der Waals surface area contributed by atoms with Gasteiger partial charge in [0.15, 0.2) is 0 Å². The van der Waals surface area contributed by atoms with Crippen molar-refractivity contribution in [1.82, 2.24) is 0 Å². The number of ketones is 1. The highest BCUT2D eigenvalue weighted by molar-refractivity contribution is 5.84. The van der Waals surface area contributed by atoms with Gasteiger partial charge in [-0.05, 0) is 19.3 Å². The van der Waals surface area contributed by atoms with Crippen LogP contribution in [0.25, 0.3) is 0 Å². The van der Waals surface area contributed by atoms with Crippen LogP contribution in [0.5, 0.6) is 0 Å². The lowest BCUT2D eigenvalue weighted by atomic mass is 9.78. The van der Waals surface area contributed by atoms with Gasteiger partial charge in [0.05, 0.1) is 0 Å². The average molecular weight is 297 g/mol. The van der Waals surface area contributed by atoms with Gasteiger partial charge in [-0.1, -0.05) is 91.9 Å². The summed E-state index contributed by atoms with van der Waals surface area (Å²) in [5.74, 6) is 0.489. The lowest BCUT2D eigenvalue weighted by Gasteiger charge is -2.24. The SMILES string of the molecule is CCCCCCCCCCCCCC(=O)C(C)(CC)CC. The van der Waals surface area contributed by atoms with Gasteiger partial charge in [-0.15, -0.1) is 0 Å². The molecule has 0 amide bonds. The van der Waals surface area contributed by atoms with Crippen molar-refractivity contribution in [1.29, 1.82) is 0 Å². The molecule has 0 saturated heterocycles. The standard InChI is InChI=1S/C20H40O/c1-5-8-9-10-11-12-13-14-15-16-17-18-19(21)20(4,6-2)7-3/h5-18H2,1-4H3. The van der Waals surface area contributed by atoms with Gasteiger partial charge in [-0.2, -0.15) is 0 Å². The minimum absolute atomic E-state index is 0.0571. The minimum Gasteiger partial charge on any atom is -0.299 e.